The number of rotatable bonds is 5. The van der Waals surface area contributed by atoms with Gasteiger partial charge in [-0.25, -0.2) is 0 Å². The maximum Gasteiger partial charge on any atom is 0.227 e. The van der Waals surface area contributed by atoms with E-state index in [0.717, 1.165) is 17.0 Å². The molecule has 1 aromatic rings. The summed E-state index contributed by atoms with van der Waals surface area (Å²) in [5.74, 6) is 0.939. The van der Waals surface area contributed by atoms with Crippen molar-refractivity contribution in [1.82, 2.24) is 10.2 Å². The van der Waals surface area contributed by atoms with E-state index in [1.807, 2.05) is 51.2 Å². The number of benzene rings is 1. The number of hydrogen-bond donors (Lipinski definition) is 2. The maximum absolute atomic E-state index is 12.9. The quantitative estimate of drug-likeness (QED) is 0.834. The summed E-state index contributed by atoms with van der Waals surface area (Å²) in [5.41, 5.74) is 1.93. The first-order chi connectivity index (χ1) is 11.9. The molecule has 0 aliphatic carbocycles. The molecule has 0 bridgehead atoms. The Morgan fingerprint density at radius 3 is 2.76 bits per heavy atom. The zero-order valence-electron chi connectivity index (χ0n) is 16.0. The molecule has 0 unspecified atom stereocenters. The van der Waals surface area contributed by atoms with Gasteiger partial charge in [0.2, 0.25) is 5.91 Å². The number of carbonyl (C=O) groups is 1. The van der Waals surface area contributed by atoms with Crippen molar-refractivity contribution in [2.24, 2.45) is 5.92 Å². The van der Waals surface area contributed by atoms with Crippen molar-refractivity contribution in [3.63, 3.8) is 0 Å². The molecule has 6 nitrogen and oxygen atoms in total. The highest BCUT2D eigenvalue weighted by atomic mass is 16.5. The number of hydrogen-bond acceptors (Lipinski definition) is 5. The smallest absolute Gasteiger partial charge is 0.227 e. The Hall–Kier alpha value is -1.79. The first-order valence-corrected chi connectivity index (χ1v) is 8.89. The second-order valence-corrected chi connectivity index (χ2v) is 7.13. The minimum Gasteiger partial charge on any atom is -0.488 e. The van der Waals surface area contributed by atoms with E-state index in [0.29, 0.717) is 13.1 Å². The lowest BCUT2D eigenvalue weighted by atomic mass is 10.0. The van der Waals surface area contributed by atoms with Crippen molar-refractivity contribution in [3.05, 3.63) is 23.8 Å². The van der Waals surface area contributed by atoms with Crippen molar-refractivity contribution >= 4 is 11.6 Å². The number of fused-ring (bicyclic) bond motifs is 1. The molecular formula is C19H31N3O3. The van der Waals surface area contributed by atoms with Crippen molar-refractivity contribution in [3.8, 4) is 5.75 Å². The molecule has 6 heteroatoms. The SMILES string of the molecule is CNC[C@H]1Oc2ccc(N(C)C)cc2CC(=O)N([C@H](C)CO)C[C@@H]1C. The number of ether oxygens (including phenoxy) is 1. The lowest BCUT2D eigenvalue weighted by molar-refractivity contribution is -0.134. The standard InChI is InChI=1S/C19H31N3O3/c1-13-11-22(14(2)12-23)19(24)9-15-8-16(21(4)5)6-7-17(15)25-18(13)10-20-3/h6-8,13-14,18,20,23H,9-12H2,1-5H3/t13-,14+,18+/m0/s1. The second-order valence-electron chi connectivity index (χ2n) is 7.13. The van der Waals surface area contributed by atoms with E-state index in [-0.39, 0.29) is 37.0 Å². The fraction of sp³-hybridized carbons (Fsp3) is 0.632. The van der Waals surface area contributed by atoms with Gasteiger partial charge in [0.05, 0.1) is 19.1 Å². The van der Waals surface area contributed by atoms with Crippen LogP contribution in [0.15, 0.2) is 18.2 Å². The maximum atomic E-state index is 12.9. The zero-order chi connectivity index (χ0) is 18.6. The van der Waals surface area contributed by atoms with E-state index < -0.39 is 0 Å². The van der Waals surface area contributed by atoms with Crippen LogP contribution in [0.4, 0.5) is 5.69 Å². The summed E-state index contributed by atoms with van der Waals surface area (Å²) in [4.78, 5) is 16.7. The van der Waals surface area contributed by atoms with E-state index in [9.17, 15) is 9.90 Å². The summed E-state index contributed by atoms with van der Waals surface area (Å²) in [5, 5.41) is 12.7. The number of carbonyl (C=O) groups excluding carboxylic acids is 1. The predicted octanol–water partition coefficient (Wildman–Crippen LogP) is 1.12. The van der Waals surface area contributed by atoms with Gasteiger partial charge in [-0.2, -0.15) is 0 Å². The van der Waals surface area contributed by atoms with Crippen LogP contribution in [0.5, 0.6) is 5.75 Å². The largest absolute Gasteiger partial charge is 0.488 e. The Kier molecular flexibility index (Phi) is 6.67. The zero-order valence-corrected chi connectivity index (χ0v) is 16.0. The molecule has 1 aliphatic rings. The fourth-order valence-electron chi connectivity index (χ4n) is 3.14. The average molecular weight is 349 g/mol. The van der Waals surface area contributed by atoms with Gasteiger partial charge in [-0.1, -0.05) is 6.92 Å². The normalized spacial score (nSPS) is 22.3. The van der Waals surface area contributed by atoms with Crippen LogP contribution in [0.2, 0.25) is 0 Å². The summed E-state index contributed by atoms with van der Waals surface area (Å²) in [6.45, 7) is 5.20. The van der Waals surface area contributed by atoms with Crippen LogP contribution in [-0.4, -0.2) is 68.9 Å². The highest BCUT2D eigenvalue weighted by Gasteiger charge is 2.30. The molecule has 140 valence electrons. The molecule has 2 rings (SSSR count). The fourth-order valence-corrected chi connectivity index (χ4v) is 3.14. The third kappa shape index (κ3) is 4.64. The molecule has 1 heterocycles. The summed E-state index contributed by atoms with van der Waals surface area (Å²) in [6, 6.07) is 5.78. The Balaban J connectivity index is 2.44. The van der Waals surface area contributed by atoms with Crippen molar-refractivity contribution < 1.29 is 14.6 Å². The van der Waals surface area contributed by atoms with Gasteiger partial charge in [-0.3, -0.25) is 4.79 Å². The van der Waals surface area contributed by atoms with E-state index in [1.54, 1.807) is 4.90 Å². The summed E-state index contributed by atoms with van der Waals surface area (Å²) < 4.78 is 6.29. The Morgan fingerprint density at radius 1 is 1.44 bits per heavy atom. The summed E-state index contributed by atoms with van der Waals surface area (Å²) >= 11 is 0. The molecule has 0 saturated heterocycles. The molecule has 0 aromatic heterocycles. The first-order valence-electron chi connectivity index (χ1n) is 8.89. The van der Waals surface area contributed by atoms with Gasteiger partial charge < -0.3 is 25.0 Å². The first kappa shape index (κ1) is 19.5. The lowest BCUT2D eigenvalue weighted by Gasteiger charge is -2.32. The summed E-state index contributed by atoms with van der Waals surface area (Å²) in [7, 11) is 5.86. The molecule has 1 aliphatic heterocycles. The van der Waals surface area contributed by atoms with Crippen molar-refractivity contribution in [2.45, 2.75) is 32.4 Å². The number of nitrogens with zero attached hydrogens (tertiary/aromatic N) is 2. The topological polar surface area (TPSA) is 65.0 Å². The Bertz CT molecular complexity index is 591. The molecule has 0 fully saturated rings. The molecule has 0 spiro atoms. The van der Waals surface area contributed by atoms with E-state index >= 15 is 0 Å². The second kappa shape index (κ2) is 8.54. The van der Waals surface area contributed by atoms with Crippen LogP contribution in [-0.2, 0) is 11.2 Å². The number of aliphatic hydroxyl groups is 1. The van der Waals surface area contributed by atoms with Gasteiger partial charge >= 0.3 is 0 Å². The third-order valence-electron chi connectivity index (χ3n) is 4.82. The highest BCUT2D eigenvalue weighted by Crippen LogP contribution is 2.29. The van der Waals surface area contributed by atoms with Gasteiger partial charge in [-0.05, 0) is 32.2 Å². The number of nitrogens with one attached hydrogen (secondary N) is 1. The van der Waals surface area contributed by atoms with Crippen LogP contribution < -0.4 is 15.0 Å². The van der Waals surface area contributed by atoms with Gasteiger partial charge in [0, 0.05) is 44.4 Å². The molecule has 0 radical (unpaired) electrons. The van der Waals surface area contributed by atoms with Crippen molar-refractivity contribution in [1.29, 1.82) is 0 Å². The summed E-state index contributed by atoms with van der Waals surface area (Å²) in [6.07, 6.45) is 0.230. The van der Waals surface area contributed by atoms with E-state index in [1.165, 1.54) is 0 Å². The number of anilines is 1. The van der Waals surface area contributed by atoms with E-state index in [2.05, 4.69) is 12.2 Å². The minimum absolute atomic E-state index is 0.0271. The predicted molar refractivity (Wildman–Crippen MR) is 100 cm³/mol. The van der Waals surface area contributed by atoms with E-state index in [4.69, 9.17) is 4.74 Å². The van der Waals surface area contributed by atoms with Crippen LogP contribution >= 0.6 is 0 Å². The van der Waals surface area contributed by atoms with Crippen molar-refractivity contribution in [2.75, 3.05) is 45.7 Å². The lowest BCUT2D eigenvalue weighted by Crippen LogP contribution is -2.47. The number of aliphatic hydroxyl groups excluding tert-OH is 1. The minimum atomic E-state index is -0.205. The van der Waals surface area contributed by atoms with Crippen LogP contribution in [0.3, 0.4) is 0 Å². The van der Waals surface area contributed by atoms with Crippen LogP contribution in [0, 0.1) is 5.92 Å². The Labute approximate surface area is 150 Å². The molecule has 2 N–H and O–H groups in total. The number of likely N-dealkylation sites (N-methyl/N-ethyl adjacent to an activating group) is 1. The monoisotopic (exact) mass is 349 g/mol. The molecule has 3 atom stereocenters. The van der Waals surface area contributed by atoms with Crippen LogP contribution in [0.25, 0.3) is 0 Å². The Morgan fingerprint density at radius 2 is 2.16 bits per heavy atom. The molecule has 1 aromatic carbocycles. The van der Waals surface area contributed by atoms with Crippen LogP contribution in [0.1, 0.15) is 19.4 Å². The highest BCUT2D eigenvalue weighted by molar-refractivity contribution is 5.80. The van der Waals surface area contributed by atoms with Gasteiger partial charge in [0.25, 0.3) is 0 Å². The molecular weight excluding hydrogens is 318 g/mol. The third-order valence-corrected chi connectivity index (χ3v) is 4.82. The van der Waals surface area contributed by atoms with Gasteiger partial charge in [0.15, 0.2) is 0 Å². The average Bonchev–Trinajstić information content (AvgIpc) is 2.63. The van der Waals surface area contributed by atoms with Gasteiger partial charge in [-0.15, -0.1) is 0 Å². The molecule has 1 amide bonds. The molecule has 0 saturated carbocycles. The van der Waals surface area contributed by atoms with Gasteiger partial charge in [0.1, 0.15) is 11.9 Å². The number of amides is 1. The molecule has 25 heavy (non-hydrogen) atoms.